The molecule has 0 radical (unpaired) electrons. The van der Waals surface area contributed by atoms with Gasteiger partial charge in [0.2, 0.25) is 0 Å². The lowest BCUT2D eigenvalue weighted by Gasteiger charge is -2.44. The summed E-state index contributed by atoms with van der Waals surface area (Å²) in [5, 5.41) is 10.9. The summed E-state index contributed by atoms with van der Waals surface area (Å²) < 4.78 is 4.92. The average Bonchev–Trinajstić information content (AvgIpc) is 2.38. The summed E-state index contributed by atoms with van der Waals surface area (Å²) in [6.45, 7) is 8.89. The SMILES string of the molecule is CCCCC(C(=O)OC)C1(O)CCC(C(C)(C)C)CC1. The fraction of sp³-hybridized carbons (Fsp3) is 0.941. The fourth-order valence-corrected chi connectivity index (χ4v) is 3.49. The van der Waals surface area contributed by atoms with Crippen LogP contribution in [0.1, 0.15) is 72.6 Å². The molecule has 0 aliphatic heterocycles. The Labute approximate surface area is 124 Å². The van der Waals surface area contributed by atoms with Gasteiger partial charge in [0.15, 0.2) is 0 Å². The Kier molecular flexibility index (Phi) is 6.06. The van der Waals surface area contributed by atoms with Gasteiger partial charge in [-0.2, -0.15) is 0 Å². The van der Waals surface area contributed by atoms with Crippen LogP contribution in [0, 0.1) is 17.3 Å². The minimum absolute atomic E-state index is 0.241. The normalized spacial score (nSPS) is 29.0. The van der Waals surface area contributed by atoms with Crippen molar-refractivity contribution in [3.63, 3.8) is 0 Å². The maximum atomic E-state index is 12.0. The molecule has 1 rings (SSSR count). The summed E-state index contributed by atoms with van der Waals surface area (Å²) in [6.07, 6.45) is 6.18. The molecule has 0 aromatic rings. The summed E-state index contributed by atoms with van der Waals surface area (Å²) in [5.41, 5.74) is -0.574. The fourth-order valence-electron chi connectivity index (χ4n) is 3.49. The molecule has 0 amide bonds. The molecule has 3 nitrogen and oxygen atoms in total. The smallest absolute Gasteiger partial charge is 0.311 e. The molecular formula is C17H32O3. The predicted molar refractivity (Wildman–Crippen MR) is 81.4 cm³/mol. The Hall–Kier alpha value is -0.570. The highest BCUT2D eigenvalue weighted by molar-refractivity contribution is 5.73. The Morgan fingerprint density at radius 2 is 1.90 bits per heavy atom. The molecule has 1 aliphatic carbocycles. The molecule has 0 heterocycles. The molecule has 20 heavy (non-hydrogen) atoms. The van der Waals surface area contributed by atoms with Crippen LogP contribution >= 0.6 is 0 Å². The number of esters is 1. The van der Waals surface area contributed by atoms with Crippen molar-refractivity contribution >= 4 is 5.97 Å². The minimum atomic E-state index is -0.857. The number of carbonyl (C=O) groups excluding carboxylic acids is 1. The van der Waals surface area contributed by atoms with Gasteiger partial charge in [-0.25, -0.2) is 0 Å². The van der Waals surface area contributed by atoms with E-state index in [1.807, 2.05) is 0 Å². The van der Waals surface area contributed by atoms with E-state index in [4.69, 9.17) is 4.74 Å². The van der Waals surface area contributed by atoms with Crippen LogP contribution < -0.4 is 0 Å². The lowest BCUT2D eigenvalue weighted by Crippen LogP contribution is -2.47. The van der Waals surface area contributed by atoms with Crippen molar-refractivity contribution in [2.75, 3.05) is 7.11 Å². The van der Waals surface area contributed by atoms with Gasteiger partial charge in [0.05, 0.1) is 18.6 Å². The first-order chi connectivity index (χ1) is 9.24. The Morgan fingerprint density at radius 1 is 1.35 bits per heavy atom. The Morgan fingerprint density at radius 3 is 2.30 bits per heavy atom. The van der Waals surface area contributed by atoms with Crippen LogP contribution in [0.2, 0.25) is 0 Å². The monoisotopic (exact) mass is 284 g/mol. The third-order valence-electron chi connectivity index (χ3n) is 5.06. The quantitative estimate of drug-likeness (QED) is 0.778. The molecule has 0 aromatic heterocycles. The minimum Gasteiger partial charge on any atom is -0.469 e. The van der Waals surface area contributed by atoms with Gasteiger partial charge in [-0.3, -0.25) is 4.79 Å². The number of hydrogen-bond donors (Lipinski definition) is 1. The zero-order valence-electron chi connectivity index (χ0n) is 13.9. The molecule has 1 N–H and O–H groups in total. The van der Waals surface area contributed by atoms with E-state index in [9.17, 15) is 9.90 Å². The van der Waals surface area contributed by atoms with Crippen LogP contribution in [-0.2, 0) is 9.53 Å². The number of ether oxygens (including phenoxy) is 1. The molecule has 1 unspecified atom stereocenters. The maximum absolute atomic E-state index is 12.0. The lowest BCUT2D eigenvalue weighted by molar-refractivity contribution is -0.161. The summed E-state index contributed by atoms with van der Waals surface area (Å²) in [5.74, 6) is 0.0378. The molecule has 1 saturated carbocycles. The van der Waals surface area contributed by atoms with Crippen molar-refractivity contribution < 1.29 is 14.6 Å². The molecule has 118 valence electrons. The molecule has 0 bridgehead atoms. The van der Waals surface area contributed by atoms with Crippen molar-refractivity contribution in [3.8, 4) is 0 Å². The van der Waals surface area contributed by atoms with E-state index in [1.54, 1.807) is 0 Å². The number of unbranched alkanes of at least 4 members (excludes halogenated alkanes) is 1. The third-order valence-corrected chi connectivity index (χ3v) is 5.06. The second-order valence-corrected chi connectivity index (χ2v) is 7.46. The summed E-state index contributed by atoms with van der Waals surface area (Å²) in [6, 6.07) is 0. The van der Waals surface area contributed by atoms with Gasteiger partial charge in [0, 0.05) is 0 Å². The number of carbonyl (C=O) groups is 1. The molecule has 0 saturated heterocycles. The largest absolute Gasteiger partial charge is 0.469 e. The van der Waals surface area contributed by atoms with Gasteiger partial charge in [-0.1, -0.05) is 40.5 Å². The van der Waals surface area contributed by atoms with Crippen LogP contribution in [0.4, 0.5) is 0 Å². The maximum Gasteiger partial charge on any atom is 0.311 e. The van der Waals surface area contributed by atoms with Crippen LogP contribution in [0.25, 0.3) is 0 Å². The van der Waals surface area contributed by atoms with E-state index in [0.29, 0.717) is 5.92 Å². The lowest BCUT2D eigenvalue weighted by atomic mass is 9.65. The molecular weight excluding hydrogens is 252 g/mol. The van der Waals surface area contributed by atoms with Crippen LogP contribution in [0.15, 0.2) is 0 Å². The van der Waals surface area contributed by atoms with Crippen molar-refractivity contribution in [1.29, 1.82) is 0 Å². The number of methoxy groups -OCH3 is 1. The van der Waals surface area contributed by atoms with Crippen molar-refractivity contribution in [2.24, 2.45) is 17.3 Å². The van der Waals surface area contributed by atoms with Gasteiger partial charge in [0.1, 0.15) is 0 Å². The van der Waals surface area contributed by atoms with Crippen LogP contribution in [-0.4, -0.2) is 23.8 Å². The number of aliphatic hydroxyl groups is 1. The van der Waals surface area contributed by atoms with Crippen molar-refractivity contribution in [2.45, 2.75) is 78.2 Å². The highest BCUT2D eigenvalue weighted by atomic mass is 16.5. The molecule has 1 atom stereocenters. The first kappa shape index (κ1) is 17.5. The first-order valence-electron chi connectivity index (χ1n) is 8.05. The topological polar surface area (TPSA) is 46.5 Å². The van der Waals surface area contributed by atoms with Crippen LogP contribution in [0.5, 0.6) is 0 Å². The van der Waals surface area contributed by atoms with E-state index in [1.165, 1.54) is 7.11 Å². The number of rotatable bonds is 5. The highest BCUT2D eigenvalue weighted by Gasteiger charge is 2.45. The Balaban J connectivity index is 2.74. The second-order valence-electron chi connectivity index (χ2n) is 7.46. The molecule has 1 aliphatic rings. The van der Waals surface area contributed by atoms with E-state index < -0.39 is 5.60 Å². The predicted octanol–water partition coefficient (Wildman–Crippen LogP) is 3.93. The van der Waals surface area contributed by atoms with Crippen molar-refractivity contribution in [3.05, 3.63) is 0 Å². The molecule has 0 spiro atoms. The Bertz CT molecular complexity index is 309. The van der Waals surface area contributed by atoms with Crippen molar-refractivity contribution in [1.82, 2.24) is 0 Å². The number of hydrogen-bond acceptors (Lipinski definition) is 3. The standard InChI is InChI=1S/C17H32O3/c1-6-7-8-14(15(18)20-5)17(19)11-9-13(10-12-17)16(2,3)4/h13-14,19H,6-12H2,1-5H3. The molecule has 1 fully saturated rings. The average molecular weight is 284 g/mol. The van der Waals surface area contributed by atoms with E-state index in [-0.39, 0.29) is 17.3 Å². The first-order valence-corrected chi connectivity index (χ1v) is 8.05. The van der Waals surface area contributed by atoms with Gasteiger partial charge < -0.3 is 9.84 Å². The summed E-state index contributed by atoms with van der Waals surface area (Å²) in [7, 11) is 1.42. The van der Waals surface area contributed by atoms with Gasteiger partial charge in [0.25, 0.3) is 0 Å². The summed E-state index contributed by atoms with van der Waals surface area (Å²) in [4.78, 5) is 12.0. The molecule has 3 heteroatoms. The van der Waals surface area contributed by atoms with Gasteiger partial charge in [-0.05, 0) is 43.4 Å². The van der Waals surface area contributed by atoms with Gasteiger partial charge >= 0.3 is 5.97 Å². The molecule has 0 aromatic carbocycles. The van der Waals surface area contributed by atoms with Crippen LogP contribution in [0.3, 0.4) is 0 Å². The summed E-state index contributed by atoms with van der Waals surface area (Å²) >= 11 is 0. The van der Waals surface area contributed by atoms with E-state index in [2.05, 4.69) is 27.7 Å². The van der Waals surface area contributed by atoms with E-state index in [0.717, 1.165) is 44.9 Å². The second kappa shape index (κ2) is 6.93. The van der Waals surface area contributed by atoms with Gasteiger partial charge in [-0.15, -0.1) is 0 Å². The zero-order valence-corrected chi connectivity index (χ0v) is 13.9. The van der Waals surface area contributed by atoms with E-state index >= 15 is 0 Å². The highest BCUT2D eigenvalue weighted by Crippen LogP contribution is 2.45. The zero-order chi connectivity index (χ0) is 15.4. The third kappa shape index (κ3) is 4.21.